The van der Waals surface area contributed by atoms with Gasteiger partial charge < -0.3 is 16.1 Å². The lowest BCUT2D eigenvalue weighted by Crippen LogP contribution is -2.25. The number of amidine groups is 1. The molecule has 1 aromatic rings. The van der Waals surface area contributed by atoms with Gasteiger partial charge in [-0.3, -0.25) is 0 Å². The predicted molar refractivity (Wildman–Crippen MR) is 53.2 cm³/mol. The number of oxime groups is 2. The molecule has 1 aromatic carbocycles. The van der Waals surface area contributed by atoms with Gasteiger partial charge in [-0.2, -0.15) is 0 Å². The smallest absolute Gasteiger partial charge is 0.192 e. The Balaban J connectivity index is 3.22. The Labute approximate surface area is 85.1 Å². The maximum Gasteiger partial charge on any atom is 0.192 e. The highest BCUT2D eigenvalue weighted by Crippen LogP contribution is 2.15. The second kappa shape index (κ2) is 4.48. The molecule has 0 unspecified atom stereocenters. The van der Waals surface area contributed by atoms with Crippen molar-refractivity contribution in [3.05, 3.63) is 34.9 Å². The summed E-state index contributed by atoms with van der Waals surface area (Å²) >= 11 is 5.81. The summed E-state index contributed by atoms with van der Waals surface area (Å²) < 4.78 is 0. The zero-order valence-corrected chi connectivity index (χ0v) is 7.81. The van der Waals surface area contributed by atoms with Gasteiger partial charge in [0.05, 0.1) is 5.02 Å². The van der Waals surface area contributed by atoms with Crippen molar-refractivity contribution in [3.63, 3.8) is 0 Å². The van der Waals surface area contributed by atoms with E-state index in [-0.39, 0.29) is 11.5 Å². The summed E-state index contributed by atoms with van der Waals surface area (Å²) in [6.07, 6.45) is 0. The van der Waals surface area contributed by atoms with Gasteiger partial charge in [-0.05, 0) is 6.07 Å². The molecule has 1 rings (SSSR count). The highest BCUT2D eigenvalue weighted by Gasteiger charge is 2.12. The number of nitrogens with two attached hydrogens (primary N) is 1. The molecule has 0 saturated carbocycles. The highest BCUT2D eigenvalue weighted by atomic mass is 35.5. The van der Waals surface area contributed by atoms with Crippen molar-refractivity contribution < 1.29 is 10.4 Å². The van der Waals surface area contributed by atoms with Crippen molar-refractivity contribution in [2.24, 2.45) is 16.0 Å². The summed E-state index contributed by atoms with van der Waals surface area (Å²) in [6, 6.07) is 6.60. The first-order valence-electron chi connectivity index (χ1n) is 3.65. The Bertz CT molecular complexity index is 390. The molecule has 0 fully saturated rings. The van der Waals surface area contributed by atoms with Gasteiger partial charge in [-0.25, -0.2) is 0 Å². The minimum atomic E-state index is -0.305. The Kier molecular flexibility index (Phi) is 3.30. The molecular formula is C8H8ClN3O2. The van der Waals surface area contributed by atoms with E-state index < -0.39 is 0 Å². The van der Waals surface area contributed by atoms with Crippen LogP contribution in [0.4, 0.5) is 0 Å². The molecule has 0 aromatic heterocycles. The van der Waals surface area contributed by atoms with Crippen molar-refractivity contribution >= 4 is 23.1 Å². The van der Waals surface area contributed by atoms with Crippen LogP contribution in [0.15, 0.2) is 34.6 Å². The van der Waals surface area contributed by atoms with Crippen LogP contribution in [0.1, 0.15) is 5.56 Å². The van der Waals surface area contributed by atoms with E-state index in [1.54, 1.807) is 24.3 Å². The van der Waals surface area contributed by atoms with E-state index in [1.807, 2.05) is 0 Å². The van der Waals surface area contributed by atoms with Crippen LogP contribution in [-0.2, 0) is 0 Å². The summed E-state index contributed by atoms with van der Waals surface area (Å²) in [5, 5.41) is 23.1. The first-order chi connectivity index (χ1) is 6.70. The first kappa shape index (κ1) is 10.3. The number of hydrogen-bond donors (Lipinski definition) is 3. The molecule has 5 nitrogen and oxygen atoms in total. The minimum Gasteiger partial charge on any atom is -0.410 e. The second-order valence-corrected chi connectivity index (χ2v) is 2.82. The maximum absolute atomic E-state index is 8.66. The monoisotopic (exact) mass is 213 g/mol. The fraction of sp³-hybridized carbons (Fsp3) is 0. The molecular weight excluding hydrogens is 206 g/mol. The summed E-state index contributed by atoms with van der Waals surface area (Å²) in [7, 11) is 0. The van der Waals surface area contributed by atoms with Gasteiger partial charge in [0.25, 0.3) is 0 Å². The second-order valence-electron chi connectivity index (χ2n) is 2.41. The number of benzene rings is 1. The van der Waals surface area contributed by atoms with Gasteiger partial charge in [0, 0.05) is 5.56 Å². The molecule has 0 aliphatic rings. The topological polar surface area (TPSA) is 91.2 Å². The molecule has 0 amide bonds. The first-order valence-corrected chi connectivity index (χ1v) is 4.03. The average molecular weight is 214 g/mol. The van der Waals surface area contributed by atoms with Gasteiger partial charge in [0.2, 0.25) is 0 Å². The zero-order valence-electron chi connectivity index (χ0n) is 7.05. The van der Waals surface area contributed by atoms with Crippen LogP contribution < -0.4 is 5.73 Å². The quantitative estimate of drug-likeness (QED) is 0.299. The number of nitrogens with zero attached hydrogens (tertiary/aromatic N) is 2. The molecule has 4 N–H and O–H groups in total. The van der Waals surface area contributed by atoms with E-state index in [4.69, 9.17) is 27.7 Å². The van der Waals surface area contributed by atoms with E-state index in [9.17, 15) is 0 Å². The van der Waals surface area contributed by atoms with E-state index in [1.165, 1.54) is 0 Å². The van der Waals surface area contributed by atoms with Crippen LogP contribution in [0, 0.1) is 0 Å². The number of hydrogen-bond acceptors (Lipinski definition) is 4. The van der Waals surface area contributed by atoms with E-state index in [0.717, 1.165) is 0 Å². The van der Waals surface area contributed by atoms with Gasteiger partial charge in [-0.1, -0.05) is 40.1 Å². The number of halogens is 1. The molecule has 0 bridgehead atoms. The number of rotatable bonds is 2. The predicted octanol–water partition coefficient (Wildman–Crippen LogP) is 1.26. The molecule has 0 aliphatic carbocycles. The normalized spacial score (nSPS) is 12.9. The molecule has 0 spiro atoms. The van der Waals surface area contributed by atoms with Gasteiger partial charge in [-0.15, -0.1) is 0 Å². The third-order valence-electron chi connectivity index (χ3n) is 1.58. The van der Waals surface area contributed by atoms with Crippen LogP contribution in [0.25, 0.3) is 0 Å². The van der Waals surface area contributed by atoms with E-state index in [0.29, 0.717) is 10.6 Å². The Morgan fingerprint density at radius 3 is 2.36 bits per heavy atom. The lowest BCUT2D eigenvalue weighted by atomic mass is 10.1. The average Bonchev–Trinajstić information content (AvgIpc) is 2.21. The largest absolute Gasteiger partial charge is 0.410 e. The SMILES string of the molecule is NC(=N/O)/C(=N\O)c1ccccc1Cl. The van der Waals surface area contributed by atoms with Crippen LogP contribution in [0.5, 0.6) is 0 Å². The van der Waals surface area contributed by atoms with Crippen molar-refractivity contribution in [2.75, 3.05) is 0 Å². The maximum atomic E-state index is 8.66. The van der Waals surface area contributed by atoms with Crippen molar-refractivity contribution in [1.82, 2.24) is 0 Å². The van der Waals surface area contributed by atoms with E-state index >= 15 is 0 Å². The zero-order chi connectivity index (χ0) is 10.6. The van der Waals surface area contributed by atoms with Crippen molar-refractivity contribution in [2.45, 2.75) is 0 Å². The van der Waals surface area contributed by atoms with Crippen LogP contribution in [0.2, 0.25) is 5.02 Å². The van der Waals surface area contributed by atoms with Crippen LogP contribution in [0.3, 0.4) is 0 Å². The third kappa shape index (κ3) is 1.94. The Morgan fingerprint density at radius 2 is 1.86 bits per heavy atom. The minimum absolute atomic E-state index is 0.0712. The fourth-order valence-electron chi connectivity index (χ4n) is 0.944. The highest BCUT2D eigenvalue weighted by molar-refractivity contribution is 6.50. The summed E-state index contributed by atoms with van der Waals surface area (Å²) in [5.74, 6) is -0.305. The Hall–Kier alpha value is -1.75. The van der Waals surface area contributed by atoms with E-state index in [2.05, 4.69) is 10.3 Å². The van der Waals surface area contributed by atoms with Crippen LogP contribution in [-0.4, -0.2) is 22.0 Å². The van der Waals surface area contributed by atoms with Gasteiger partial charge in [0.1, 0.15) is 0 Å². The summed E-state index contributed by atoms with van der Waals surface area (Å²) in [6.45, 7) is 0. The molecule has 0 saturated heterocycles. The molecule has 0 radical (unpaired) electrons. The molecule has 0 heterocycles. The lowest BCUT2D eigenvalue weighted by molar-refractivity contribution is 0.314. The molecule has 0 atom stereocenters. The van der Waals surface area contributed by atoms with Crippen molar-refractivity contribution in [3.8, 4) is 0 Å². The molecule has 74 valence electrons. The fourth-order valence-corrected chi connectivity index (χ4v) is 1.17. The lowest BCUT2D eigenvalue weighted by Gasteiger charge is -2.03. The van der Waals surface area contributed by atoms with Crippen LogP contribution >= 0.6 is 11.6 Å². The standard InChI is InChI=1S/C8H8ClN3O2/c9-6-4-2-1-3-5(6)7(11-13)8(10)12-14/h1-4,13-14H,(H2,10,12)/b11-7-. The molecule has 14 heavy (non-hydrogen) atoms. The molecule has 0 aliphatic heterocycles. The third-order valence-corrected chi connectivity index (χ3v) is 1.91. The molecule has 6 heteroatoms. The van der Waals surface area contributed by atoms with Gasteiger partial charge >= 0.3 is 0 Å². The summed E-state index contributed by atoms with van der Waals surface area (Å²) in [5.41, 5.74) is 5.60. The summed E-state index contributed by atoms with van der Waals surface area (Å²) in [4.78, 5) is 0. The van der Waals surface area contributed by atoms with Crippen molar-refractivity contribution in [1.29, 1.82) is 0 Å². The van der Waals surface area contributed by atoms with Gasteiger partial charge in [0.15, 0.2) is 11.5 Å². The Morgan fingerprint density at radius 1 is 1.21 bits per heavy atom.